The first-order valence-electron chi connectivity index (χ1n) is 8.74. The summed E-state index contributed by atoms with van der Waals surface area (Å²) < 4.78 is 0. The molecule has 134 valence electrons. The monoisotopic (exact) mass is 340 g/mol. The first-order valence-corrected chi connectivity index (χ1v) is 8.74. The third-order valence-electron chi connectivity index (χ3n) is 5.12. The van der Waals surface area contributed by atoms with Gasteiger partial charge in [0.25, 0.3) is 0 Å². The van der Waals surface area contributed by atoms with Crippen LogP contribution in [0.15, 0.2) is 28.9 Å². The summed E-state index contributed by atoms with van der Waals surface area (Å²) in [6, 6.07) is 4.45. The summed E-state index contributed by atoms with van der Waals surface area (Å²) in [5.74, 6) is 0.944. The standard InChI is InChI=1S/C19H28N6/c1-12-8-15(10-16-18(12)25(7-6-20)19(16)21-4)11-22-17-9-13(2)24(5)14(3)23-17/h6,8-10,14,19-21H,7,11H2,1-5H3,(H,22,23). The van der Waals surface area contributed by atoms with E-state index in [1.807, 2.05) is 7.05 Å². The van der Waals surface area contributed by atoms with Crippen molar-refractivity contribution in [2.24, 2.45) is 4.99 Å². The van der Waals surface area contributed by atoms with Crippen molar-refractivity contribution in [1.29, 1.82) is 5.41 Å². The number of amidine groups is 1. The molecule has 6 heteroatoms. The summed E-state index contributed by atoms with van der Waals surface area (Å²) in [4.78, 5) is 9.18. The fourth-order valence-electron chi connectivity index (χ4n) is 3.64. The second-order valence-electron chi connectivity index (χ2n) is 6.82. The van der Waals surface area contributed by atoms with Crippen LogP contribution in [-0.2, 0) is 6.54 Å². The van der Waals surface area contributed by atoms with Gasteiger partial charge in [-0.25, -0.2) is 0 Å². The minimum atomic E-state index is 0.187. The summed E-state index contributed by atoms with van der Waals surface area (Å²) in [6.45, 7) is 7.69. The number of benzene rings is 1. The zero-order chi connectivity index (χ0) is 18.1. The van der Waals surface area contributed by atoms with Crippen molar-refractivity contribution >= 4 is 17.7 Å². The van der Waals surface area contributed by atoms with Gasteiger partial charge in [-0.15, -0.1) is 0 Å². The number of fused-ring (bicyclic) bond motifs is 1. The molecule has 0 aromatic heterocycles. The topological polar surface area (TPSA) is 66.8 Å². The van der Waals surface area contributed by atoms with Crippen LogP contribution >= 0.6 is 0 Å². The molecule has 1 aromatic rings. The van der Waals surface area contributed by atoms with Gasteiger partial charge in [0.2, 0.25) is 0 Å². The third kappa shape index (κ3) is 3.14. The number of nitrogens with zero attached hydrogens (tertiary/aromatic N) is 3. The van der Waals surface area contributed by atoms with Crippen LogP contribution in [-0.4, -0.2) is 43.8 Å². The van der Waals surface area contributed by atoms with Crippen molar-refractivity contribution in [2.45, 2.75) is 39.6 Å². The largest absolute Gasteiger partial charge is 0.358 e. The van der Waals surface area contributed by atoms with Crippen molar-refractivity contribution in [3.05, 3.63) is 40.6 Å². The normalized spacial score (nSPS) is 23.7. The lowest BCUT2D eigenvalue weighted by Gasteiger charge is -2.45. The molecule has 2 aliphatic rings. The van der Waals surface area contributed by atoms with E-state index in [-0.39, 0.29) is 12.3 Å². The Morgan fingerprint density at radius 2 is 2.12 bits per heavy atom. The van der Waals surface area contributed by atoms with Crippen molar-refractivity contribution in [1.82, 2.24) is 15.5 Å². The average molecular weight is 340 g/mol. The molecular weight excluding hydrogens is 312 g/mol. The SMILES string of the molecule is CNC1c2cc(CN=C3C=C(C)N(C)C(C)N3)cc(C)c2N1CC=N. The highest BCUT2D eigenvalue weighted by Crippen LogP contribution is 2.44. The molecular formula is C19H28N6. The Bertz CT molecular complexity index is 736. The summed E-state index contributed by atoms with van der Waals surface area (Å²) in [5.41, 5.74) is 6.24. The molecule has 2 aliphatic heterocycles. The zero-order valence-electron chi connectivity index (χ0n) is 15.7. The van der Waals surface area contributed by atoms with Crippen LogP contribution in [0.1, 0.15) is 36.7 Å². The van der Waals surface area contributed by atoms with Crippen molar-refractivity contribution in [2.75, 3.05) is 25.5 Å². The Labute approximate surface area is 150 Å². The van der Waals surface area contributed by atoms with Crippen molar-refractivity contribution in [3.63, 3.8) is 0 Å². The summed E-state index contributed by atoms with van der Waals surface area (Å²) >= 11 is 0. The van der Waals surface area contributed by atoms with Crippen LogP contribution in [0.5, 0.6) is 0 Å². The highest BCUT2D eigenvalue weighted by atomic mass is 15.3. The number of hydrogen-bond acceptors (Lipinski definition) is 5. The molecule has 1 aromatic carbocycles. The fraction of sp³-hybridized carbons (Fsp3) is 0.474. The third-order valence-corrected chi connectivity index (χ3v) is 5.12. The van der Waals surface area contributed by atoms with Gasteiger partial charge in [-0.05, 0) is 51.1 Å². The van der Waals surface area contributed by atoms with E-state index in [2.05, 4.69) is 66.5 Å². The molecule has 0 radical (unpaired) electrons. The van der Waals surface area contributed by atoms with E-state index in [0.717, 1.165) is 5.84 Å². The Balaban J connectivity index is 1.81. The number of allylic oxidation sites excluding steroid dienone is 1. The van der Waals surface area contributed by atoms with Gasteiger partial charge < -0.3 is 20.5 Å². The average Bonchev–Trinajstić information content (AvgIpc) is 2.56. The molecule has 3 rings (SSSR count). The zero-order valence-corrected chi connectivity index (χ0v) is 15.7. The van der Waals surface area contributed by atoms with Gasteiger partial charge in [-0.2, -0.15) is 0 Å². The van der Waals surface area contributed by atoms with Crippen molar-refractivity contribution in [3.8, 4) is 0 Å². The predicted octanol–water partition coefficient (Wildman–Crippen LogP) is 2.37. The summed E-state index contributed by atoms with van der Waals surface area (Å²) in [7, 11) is 4.04. The quantitative estimate of drug-likeness (QED) is 0.720. The molecule has 0 bridgehead atoms. The minimum absolute atomic E-state index is 0.187. The Morgan fingerprint density at radius 1 is 1.36 bits per heavy atom. The van der Waals surface area contributed by atoms with Gasteiger partial charge >= 0.3 is 0 Å². The molecule has 2 unspecified atom stereocenters. The maximum atomic E-state index is 7.39. The van der Waals surface area contributed by atoms with Crippen LogP contribution in [0.3, 0.4) is 0 Å². The van der Waals surface area contributed by atoms with Crippen LogP contribution in [0.25, 0.3) is 0 Å². The molecule has 25 heavy (non-hydrogen) atoms. The van der Waals surface area contributed by atoms with E-state index in [9.17, 15) is 0 Å². The molecule has 2 heterocycles. The van der Waals surface area contributed by atoms with Gasteiger partial charge in [-0.1, -0.05) is 6.07 Å². The van der Waals surface area contributed by atoms with Crippen molar-refractivity contribution < 1.29 is 0 Å². The highest BCUT2D eigenvalue weighted by Gasteiger charge is 2.34. The van der Waals surface area contributed by atoms with Gasteiger partial charge in [0.1, 0.15) is 12.0 Å². The maximum absolute atomic E-state index is 7.39. The van der Waals surface area contributed by atoms with Gasteiger partial charge in [-0.3, -0.25) is 10.3 Å². The number of aliphatic imine (C=N–C) groups is 1. The molecule has 0 fully saturated rings. The summed E-state index contributed by atoms with van der Waals surface area (Å²) in [5, 5.41) is 14.1. The first kappa shape index (κ1) is 17.5. The van der Waals surface area contributed by atoms with E-state index < -0.39 is 0 Å². The first-order chi connectivity index (χ1) is 12.0. The van der Waals surface area contributed by atoms with Gasteiger partial charge in [0, 0.05) is 30.2 Å². The lowest BCUT2D eigenvalue weighted by atomic mass is 9.92. The molecule has 3 N–H and O–H groups in total. The van der Waals surface area contributed by atoms with E-state index >= 15 is 0 Å². The fourth-order valence-corrected chi connectivity index (χ4v) is 3.64. The Kier molecular flexibility index (Phi) is 4.81. The van der Waals surface area contributed by atoms with Crippen LogP contribution in [0.2, 0.25) is 0 Å². The van der Waals surface area contributed by atoms with Crippen LogP contribution in [0, 0.1) is 12.3 Å². The molecule has 2 atom stereocenters. The molecule has 0 saturated heterocycles. The molecule has 0 amide bonds. The number of hydrogen-bond donors (Lipinski definition) is 3. The number of nitrogens with one attached hydrogen (secondary N) is 3. The lowest BCUT2D eigenvalue weighted by Crippen LogP contribution is -2.47. The summed E-state index contributed by atoms with van der Waals surface area (Å²) in [6.07, 6.45) is 3.99. The molecule has 6 nitrogen and oxygen atoms in total. The van der Waals surface area contributed by atoms with E-state index in [4.69, 9.17) is 10.4 Å². The van der Waals surface area contributed by atoms with Crippen LogP contribution in [0.4, 0.5) is 5.69 Å². The molecule has 0 aliphatic carbocycles. The van der Waals surface area contributed by atoms with E-state index in [1.54, 1.807) is 0 Å². The number of rotatable bonds is 5. The van der Waals surface area contributed by atoms with E-state index in [1.165, 1.54) is 34.3 Å². The van der Waals surface area contributed by atoms with Gasteiger partial charge in [0.05, 0.1) is 19.3 Å². The van der Waals surface area contributed by atoms with Gasteiger partial charge in [0.15, 0.2) is 0 Å². The molecule has 0 spiro atoms. The maximum Gasteiger partial charge on any atom is 0.124 e. The second-order valence-corrected chi connectivity index (χ2v) is 6.82. The lowest BCUT2D eigenvalue weighted by molar-refractivity contribution is 0.298. The van der Waals surface area contributed by atoms with E-state index in [0.29, 0.717) is 13.1 Å². The molecule has 0 saturated carbocycles. The Hall–Kier alpha value is -2.34. The van der Waals surface area contributed by atoms with Crippen LogP contribution < -0.4 is 15.5 Å². The second kappa shape index (κ2) is 6.88. The number of aryl methyl sites for hydroxylation is 1. The number of anilines is 1. The highest BCUT2D eigenvalue weighted by molar-refractivity contribution is 5.94. The minimum Gasteiger partial charge on any atom is -0.358 e. The Morgan fingerprint density at radius 3 is 2.76 bits per heavy atom. The smallest absolute Gasteiger partial charge is 0.124 e. The predicted molar refractivity (Wildman–Crippen MR) is 104 cm³/mol.